The van der Waals surface area contributed by atoms with Crippen LogP contribution < -0.4 is 0 Å². The molecular formula is C14H10N4. The van der Waals surface area contributed by atoms with Crippen LogP contribution >= 0.6 is 0 Å². The number of aromatic nitrogens is 3. The van der Waals surface area contributed by atoms with E-state index in [-0.39, 0.29) is 0 Å². The summed E-state index contributed by atoms with van der Waals surface area (Å²) in [6.07, 6.45) is 0. The predicted molar refractivity (Wildman–Crippen MR) is 67.9 cm³/mol. The van der Waals surface area contributed by atoms with E-state index in [1.165, 1.54) is 0 Å². The number of benzene rings is 1. The second kappa shape index (κ2) is 3.97. The summed E-state index contributed by atoms with van der Waals surface area (Å²) in [6.45, 7) is 1.94. The van der Waals surface area contributed by atoms with Crippen LogP contribution in [0.2, 0.25) is 0 Å². The number of aryl methyl sites for hydroxylation is 1. The summed E-state index contributed by atoms with van der Waals surface area (Å²) in [5.74, 6) is 0.640. The van der Waals surface area contributed by atoms with Crippen LogP contribution in [-0.2, 0) is 0 Å². The quantitative estimate of drug-likeness (QED) is 0.650. The first-order valence-corrected chi connectivity index (χ1v) is 5.61. The molecule has 0 aliphatic rings. The summed E-state index contributed by atoms with van der Waals surface area (Å²) in [7, 11) is 0. The summed E-state index contributed by atoms with van der Waals surface area (Å²) in [6, 6.07) is 15.5. The Kier molecular flexibility index (Phi) is 2.31. The third-order valence-corrected chi connectivity index (χ3v) is 2.83. The van der Waals surface area contributed by atoms with Gasteiger partial charge in [0.2, 0.25) is 0 Å². The normalized spacial score (nSPS) is 10.4. The van der Waals surface area contributed by atoms with Crippen molar-refractivity contribution >= 4 is 5.65 Å². The number of hydrogen-bond acceptors (Lipinski definition) is 3. The number of fused-ring (bicyclic) bond motifs is 1. The number of nitriles is 1. The maximum Gasteiger partial charge on any atom is 0.182 e. The van der Waals surface area contributed by atoms with Crippen LogP contribution in [0.3, 0.4) is 0 Å². The highest BCUT2D eigenvalue weighted by molar-refractivity contribution is 5.62. The van der Waals surface area contributed by atoms with Crippen molar-refractivity contribution in [2.45, 2.75) is 6.92 Å². The van der Waals surface area contributed by atoms with Gasteiger partial charge in [0, 0.05) is 11.3 Å². The topological polar surface area (TPSA) is 54.0 Å². The molecule has 0 atom stereocenters. The van der Waals surface area contributed by atoms with Gasteiger partial charge in [-0.25, -0.2) is 9.50 Å². The maximum absolute atomic E-state index is 9.08. The Labute approximate surface area is 104 Å². The van der Waals surface area contributed by atoms with Crippen molar-refractivity contribution in [1.82, 2.24) is 14.6 Å². The monoisotopic (exact) mass is 234 g/mol. The third-order valence-electron chi connectivity index (χ3n) is 2.83. The zero-order valence-electron chi connectivity index (χ0n) is 9.83. The number of rotatable bonds is 1. The van der Waals surface area contributed by atoms with E-state index in [2.05, 4.69) is 16.2 Å². The van der Waals surface area contributed by atoms with Crippen molar-refractivity contribution in [3.05, 3.63) is 53.7 Å². The second-order valence-corrected chi connectivity index (χ2v) is 4.04. The zero-order valence-corrected chi connectivity index (χ0v) is 9.83. The highest BCUT2D eigenvalue weighted by Crippen LogP contribution is 2.18. The van der Waals surface area contributed by atoms with Crippen molar-refractivity contribution in [3.63, 3.8) is 0 Å². The van der Waals surface area contributed by atoms with E-state index in [0.29, 0.717) is 17.0 Å². The van der Waals surface area contributed by atoms with Gasteiger partial charge in [0.1, 0.15) is 6.07 Å². The molecule has 0 amide bonds. The number of nitrogens with zero attached hydrogens (tertiary/aromatic N) is 4. The summed E-state index contributed by atoms with van der Waals surface area (Å²) in [5.41, 5.74) is 3.05. The van der Waals surface area contributed by atoms with Gasteiger partial charge in [-0.05, 0) is 19.1 Å². The predicted octanol–water partition coefficient (Wildman–Crippen LogP) is 2.58. The molecule has 0 saturated carbocycles. The fraction of sp³-hybridized carbons (Fsp3) is 0.0714. The van der Waals surface area contributed by atoms with E-state index in [1.807, 2.05) is 43.3 Å². The van der Waals surface area contributed by atoms with Gasteiger partial charge < -0.3 is 0 Å². The van der Waals surface area contributed by atoms with Gasteiger partial charge in [-0.15, -0.1) is 5.10 Å². The van der Waals surface area contributed by atoms with Crippen molar-refractivity contribution in [3.8, 4) is 17.5 Å². The molecule has 4 nitrogen and oxygen atoms in total. The molecule has 0 radical (unpaired) electrons. The van der Waals surface area contributed by atoms with E-state index in [9.17, 15) is 0 Å². The minimum Gasteiger partial charge on any atom is -0.216 e. The summed E-state index contributed by atoms with van der Waals surface area (Å²) in [5, 5.41) is 13.5. The van der Waals surface area contributed by atoms with E-state index < -0.39 is 0 Å². The molecule has 2 heterocycles. The summed E-state index contributed by atoms with van der Waals surface area (Å²) >= 11 is 0. The van der Waals surface area contributed by atoms with Crippen molar-refractivity contribution in [2.24, 2.45) is 0 Å². The molecule has 3 aromatic rings. The molecule has 86 valence electrons. The Morgan fingerprint density at radius 3 is 2.61 bits per heavy atom. The first-order chi connectivity index (χ1) is 8.79. The molecular weight excluding hydrogens is 224 g/mol. The smallest absolute Gasteiger partial charge is 0.182 e. The number of pyridine rings is 1. The SMILES string of the molecule is Cc1ccc(C#N)c2nc(-c3ccccc3)nn12. The van der Waals surface area contributed by atoms with Crippen LogP contribution in [0, 0.1) is 18.3 Å². The molecule has 1 aromatic carbocycles. The van der Waals surface area contributed by atoms with Gasteiger partial charge in [-0.2, -0.15) is 5.26 Å². The first kappa shape index (κ1) is 10.5. The average molecular weight is 234 g/mol. The standard InChI is InChI=1S/C14H10N4/c1-10-7-8-12(9-15)14-16-13(17-18(10)14)11-5-3-2-4-6-11/h2-8H,1H3. The van der Waals surface area contributed by atoms with E-state index in [4.69, 9.17) is 5.26 Å². The molecule has 0 aliphatic carbocycles. The van der Waals surface area contributed by atoms with Crippen molar-refractivity contribution in [1.29, 1.82) is 5.26 Å². The molecule has 0 N–H and O–H groups in total. The second-order valence-electron chi connectivity index (χ2n) is 4.04. The fourth-order valence-electron chi connectivity index (χ4n) is 1.88. The Morgan fingerprint density at radius 2 is 1.89 bits per heavy atom. The van der Waals surface area contributed by atoms with Crippen LogP contribution in [0.5, 0.6) is 0 Å². The van der Waals surface area contributed by atoms with Crippen LogP contribution in [-0.4, -0.2) is 14.6 Å². The Balaban J connectivity index is 2.30. The highest BCUT2D eigenvalue weighted by atomic mass is 15.3. The summed E-state index contributed by atoms with van der Waals surface area (Å²) < 4.78 is 1.71. The molecule has 4 heteroatoms. The average Bonchev–Trinajstić information content (AvgIpc) is 2.86. The van der Waals surface area contributed by atoms with Crippen LogP contribution in [0.1, 0.15) is 11.3 Å². The van der Waals surface area contributed by atoms with Crippen molar-refractivity contribution in [2.75, 3.05) is 0 Å². The van der Waals surface area contributed by atoms with Gasteiger partial charge in [0.15, 0.2) is 11.5 Å². The number of hydrogen-bond donors (Lipinski definition) is 0. The lowest BCUT2D eigenvalue weighted by atomic mass is 10.2. The van der Waals surface area contributed by atoms with Gasteiger partial charge in [-0.3, -0.25) is 0 Å². The van der Waals surface area contributed by atoms with E-state index in [1.54, 1.807) is 10.6 Å². The van der Waals surface area contributed by atoms with E-state index in [0.717, 1.165) is 11.3 Å². The lowest BCUT2D eigenvalue weighted by molar-refractivity contribution is 0.916. The molecule has 0 saturated heterocycles. The van der Waals surface area contributed by atoms with Gasteiger partial charge in [0.05, 0.1) is 5.56 Å². The molecule has 3 rings (SSSR count). The minimum absolute atomic E-state index is 0.537. The van der Waals surface area contributed by atoms with Gasteiger partial charge in [-0.1, -0.05) is 30.3 Å². The Bertz CT molecular complexity index is 751. The molecule has 0 spiro atoms. The van der Waals surface area contributed by atoms with Crippen molar-refractivity contribution < 1.29 is 0 Å². The zero-order chi connectivity index (χ0) is 12.5. The van der Waals surface area contributed by atoms with Crippen LogP contribution in [0.15, 0.2) is 42.5 Å². The summed E-state index contributed by atoms with van der Waals surface area (Å²) in [4.78, 5) is 4.44. The molecule has 18 heavy (non-hydrogen) atoms. The largest absolute Gasteiger partial charge is 0.216 e. The maximum atomic E-state index is 9.08. The van der Waals surface area contributed by atoms with Crippen LogP contribution in [0.25, 0.3) is 17.0 Å². The van der Waals surface area contributed by atoms with Gasteiger partial charge in [0.25, 0.3) is 0 Å². The molecule has 0 bridgehead atoms. The highest BCUT2D eigenvalue weighted by Gasteiger charge is 2.10. The third kappa shape index (κ3) is 1.54. The lowest BCUT2D eigenvalue weighted by Gasteiger charge is -1.97. The van der Waals surface area contributed by atoms with Gasteiger partial charge >= 0.3 is 0 Å². The van der Waals surface area contributed by atoms with E-state index >= 15 is 0 Å². The molecule has 0 fully saturated rings. The first-order valence-electron chi connectivity index (χ1n) is 5.61. The molecule has 0 aliphatic heterocycles. The Morgan fingerprint density at radius 1 is 1.11 bits per heavy atom. The molecule has 0 unspecified atom stereocenters. The fourth-order valence-corrected chi connectivity index (χ4v) is 1.88. The van der Waals surface area contributed by atoms with Crippen LogP contribution in [0.4, 0.5) is 0 Å². The Hall–Kier alpha value is -2.67. The molecule has 2 aromatic heterocycles. The minimum atomic E-state index is 0.537. The lowest BCUT2D eigenvalue weighted by Crippen LogP contribution is -1.95.